The van der Waals surface area contributed by atoms with Gasteiger partial charge in [0.05, 0.1) is 0 Å². The second kappa shape index (κ2) is 8.36. The molecule has 1 atom stereocenters. The third-order valence-electron chi connectivity index (χ3n) is 3.51. The minimum Gasteiger partial charge on any atom is -0.501 e. The minimum atomic E-state index is -0.817. The van der Waals surface area contributed by atoms with Crippen LogP contribution in [0.25, 0.3) is 0 Å². The Bertz CT molecular complexity index is 788. The molecule has 9 heteroatoms. The molecule has 0 bridgehead atoms. The Balaban J connectivity index is 2.15. The molecule has 1 amide bonds. The topological polar surface area (TPSA) is 116 Å². The molecule has 0 saturated carbocycles. The van der Waals surface area contributed by atoms with Gasteiger partial charge in [-0.25, -0.2) is 9.37 Å². The number of nitrogens with one attached hydrogen (secondary N) is 3. The van der Waals surface area contributed by atoms with E-state index in [1.54, 1.807) is 7.05 Å². The van der Waals surface area contributed by atoms with Crippen molar-refractivity contribution in [3.8, 4) is 5.75 Å². The number of aromatic amines is 1. The summed E-state index contributed by atoms with van der Waals surface area (Å²) in [5.74, 6) is -1.67. The van der Waals surface area contributed by atoms with Crippen molar-refractivity contribution in [1.82, 2.24) is 20.6 Å². The number of benzene rings is 1. The first-order chi connectivity index (χ1) is 11.9. The van der Waals surface area contributed by atoms with E-state index in [-0.39, 0.29) is 30.3 Å². The van der Waals surface area contributed by atoms with E-state index in [2.05, 4.69) is 20.6 Å². The molecule has 0 aliphatic rings. The number of carbonyl (C=O) groups is 1. The Morgan fingerprint density at radius 2 is 2.08 bits per heavy atom. The predicted octanol–water partition coefficient (Wildman–Crippen LogP) is 0.279. The number of nitrogens with zero attached hydrogens (tertiary/aromatic N) is 1. The maximum atomic E-state index is 12.9. The van der Waals surface area contributed by atoms with Gasteiger partial charge in [-0.05, 0) is 24.7 Å². The Morgan fingerprint density at radius 1 is 1.40 bits per heavy atom. The van der Waals surface area contributed by atoms with Gasteiger partial charge in [-0.3, -0.25) is 14.9 Å². The summed E-state index contributed by atoms with van der Waals surface area (Å²) in [6.45, 7) is 0.0968. The first kappa shape index (κ1) is 18.6. The monoisotopic (exact) mass is 350 g/mol. The molecule has 0 aliphatic carbocycles. The third kappa shape index (κ3) is 4.85. The summed E-state index contributed by atoms with van der Waals surface area (Å²) in [7, 11) is 3.15. The molecule has 2 rings (SSSR count). The highest BCUT2D eigenvalue weighted by Gasteiger charge is 2.19. The third-order valence-corrected chi connectivity index (χ3v) is 3.51. The van der Waals surface area contributed by atoms with Crippen LogP contribution in [0.4, 0.5) is 4.39 Å². The van der Waals surface area contributed by atoms with E-state index in [9.17, 15) is 19.1 Å². The molecule has 0 radical (unpaired) electrons. The minimum absolute atomic E-state index is 0.0968. The highest BCUT2D eigenvalue weighted by atomic mass is 19.1. The lowest BCUT2D eigenvalue weighted by Gasteiger charge is -2.14. The van der Waals surface area contributed by atoms with Gasteiger partial charge in [0.25, 0.3) is 11.5 Å². The number of aromatic hydroxyl groups is 1. The smallest absolute Gasteiger partial charge is 0.293 e. The number of hydrogen-bond donors (Lipinski definition) is 4. The van der Waals surface area contributed by atoms with Crippen molar-refractivity contribution < 1.29 is 19.0 Å². The van der Waals surface area contributed by atoms with Gasteiger partial charge in [0.15, 0.2) is 5.69 Å². The lowest BCUT2D eigenvalue weighted by molar-refractivity contribution is 0.0791. The van der Waals surface area contributed by atoms with Gasteiger partial charge in [0.2, 0.25) is 5.75 Å². The Hall–Kier alpha value is -2.78. The van der Waals surface area contributed by atoms with Crippen molar-refractivity contribution in [1.29, 1.82) is 0 Å². The fourth-order valence-corrected chi connectivity index (χ4v) is 2.12. The van der Waals surface area contributed by atoms with Gasteiger partial charge in [0, 0.05) is 20.1 Å². The van der Waals surface area contributed by atoms with Crippen LogP contribution in [0.2, 0.25) is 0 Å². The van der Waals surface area contributed by atoms with Crippen LogP contribution in [-0.2, 0) is 17.7 Å². The molecule has 2 aromatic rings. The van der Waals surface area contributed by atoms with E-state index < -0.39 is 23.4 Å². The van der Waals surface area contributed by atoms with Gasteiger partial charge < -0.3 is 20.1 Å². The molecular weight excluding hydrogens is 331 g/mol. The number of H-pyrrole nitrogens is 1. The lowest BCUT2D eigenvalue weighted by atomic mass is 10.2. The number of ether oxygens (including phenoxy) is 1. The summed E-state index contributed by atoms with van der Waals surface area (Å²) in [5, 5.41) is 15.2. The number of amides is 1. The zero-order valence-electron chi connectivity index (χ0n) is 13.8. The van der Waals surface area contributed by atoms with Crippen LogP contribution >= 0.6 is 0 Å². The van der Waals surface area contributed by atoms with Crippen LogP contribution in [0.5, 0.6) is 5.75 Å². The first-order valence-corrected chi connectivity index (χ1v) is 7.49. The second-order valence-corrected chi connectivity index (χ2v) is 5.24. The van der Waals surface area contributed by atoms with E-state index in [1.807, 2.05) is 0 Å². The summed E-state index contributed by atoms with van der Waals surface area (Å²) >= 11 is 0. The SMILES string of the molecule is CNC(Cc1nc(C(=O)NCc2ccc(F)cc2)c(O)c(=O)[nH]1)OC. The van der Waals surface area contributed by atoms with Crippen molar-refractivity contribution in [2.45, 2.75) is 19.2 Å². The predicted molar refractivity (Wildman–Crippen MR) is 87.7 cm³/mol. The molecule has 0 spiro atoms. The molecule has 134 valence electrons. The van der Waals surface area contributed by atoms with Gasteiger partial charge >= 0.3 is 0 Å². The van der Waals surface area contributed by atoms with E-state index in [0.29, 0.717) is 5.56 Å². The molecular formula is C16H19FN4O4. The van der Waals surface area contributed by atoms with Crippen LogP contribution in [-0.4, -0.2) is 41.4 Å². The first-order valence-electron chi connectivity index (χ1n) is 7.49. The summed E-state index contributed by atoms with van der Waals surface area (Å²) in [5.41, 5.74) is -0.538. The number of carbonyl (C=O) groups excluding carboxylic acids is 1. The Kier molecular flexibility index (Phi) is 6.20. The van der Waals surface area contributed by atoms with Crippen molar-refractivity contribution in [3.63, 3.8) is 0 Å². The van der Waals surface area contributed by atoms with E-state index in [4.69, 9.17) is 4.74 Å². The molecule has 4 N–H and O–H groups in total. The standard InChI is InChI=1S/C16H19FN4O4/c1-18-12(25-2)7-11-20-13(14(22)16(24)21-11)15(23)19-8-9-3-5-10(17)6-4-9/h3-6,12,18,22H,7-8H2,1-2H3,(H,19,23)(H,20,21,24). The highest BCUT2D eigenvalue weighted by molar-refractivity contribution is 5.94. The number of hydrogen-bond acceptors (Lipinski definition) is 6. The second-order valence-electron chi connectivity index (χ2n) is 5.24. The zero-order chi connectivity index (χ0) is 18.4. The van der Waals surface area contributed by atoms with Gasteiger partial charge in [-0.2, -0.15) is 0 Å². The Labute approximate surface area is 143 Å². The number of methoxy groups -OCH3 is 1. The molecule has 0 saturated heterocycles. The summed E-state index contributed by atoms with van der Waals surface area (Å²) in [6, 6.07) is 5.57. The van der Waals surface area contributed by atoms with Crippen LogP contribution in [0, 0.1) is 5.82 Å². The zero-order valence-corrected chi connectivity index (χ0v) is 13.8. The maximum absolute atomic E-state index is 12.9. The van der Waals surface area contributed by atoms with Gasteiger partial charge in [-0.1, -0.05) is 12.1 Å². The molecule has 1 aromatic heterocycles. The fourth-order valence-electron chi connectivity index (χ4n) is 2.12. The largest absolute Gasteiger partial charge is 0.501 e. The quantitative estimate of drug-likeness (QED) is 0.533. The van der Waals surface area contributed by atoms with Crippen molar-refractivity contribution in [2.75, 3.05) is 14.2 Å². The van der Waals surface area contributed by atoms with Gasteiger partial charge in [-0.15, -0.1) is 0 Å². The normalized spacial score (nSPS) is 12.0. The molecule has 25 heavy (non-hydrogen) atoms. The van der Waals surface area contributed by atoms with Crippen molar-refractivity contribution >= 4 is 5.91 Å². The molecule has 1 heterocycles. The molecule has 1 unspecified atom stereocenters. The summed E-state index contributed by atoms with van der Waals surface area (Å²) < 4.78 is 18.0. The highest BCUT2D eigenvalue weighted by Crippen LogP contribution is 2.10. The number of aromatic nitrogens is 2. The number of rotatable bonds is 7. The fraction of sp³-hybridized carbons (Fsp3) is 0.312. The van der Waals surface area contributed by atoms with E-state index in [0.717, 1.165) is 0 Å². The maximum Gasteiger partial charge on any atom is 0.293 e. The van der Waals surface area contributed by atoms with Crippen LogP contribution in [0.15, 0.2) is 29.1 Å². The van der Waals surface area contributed by atoms with Crippen LogP contribution in [0.3, 0.4) is 0 Å². The molecule has 0 fully saturated rings. The van der Waals surface area contributed by atoms with Crippen molar-refractivity contribution in [2.24, 2.45) is 0 Å². The van der Waals surface area contributed by atoms with Crippen molar-refractivity contribution in [3.05, 3.63) is 57.5 Å². The van der Waals surface area contributed by atoms with E-state index in [1.165, 1.54) is 31.4 Å². The Morgan fingerprint density at radius 3 is 2.68 bits per heavy atom. The summed E-state index contributed by atoms with van der Waals surface area (Å²) in [4.78, 5) is 30.4. The lowest BCUT2D eigenvalue weighted by Crippen LogP contribution is -2.32. The molecule has 0 aliphatic heterocycles. The average Bonchev–Trinajstić information content (AvgIpc) is 2.61. The summed E-state index contributed by atoms with van der Waals surface area (Å²) in [6.07, 6.45) is -0.219. The van der Waals surface area contributed by atoms with E-state index >= 15 is 0 Å². The number of halogens is 1. The average molecular weight is 350 g/mol. The number of likely N-dealkylation sites (N-methyl/N-ethyl adjacent to an activating group) is 1. The van der Waals surface area contributed by atoms with Gasteiger partial charge in [0.1, 0.15) is 17.9 Å². The molecule has 8 nitrogen and oxygen atoms in total. The molecule has 1 aromatic carbocycles. The van der Waals surface area contributed by atoms with Crippen LogP contribution in [0.1, 0.15) is 21.9 Å². The van der Waals surface area contributed by atoms with Crippen LogP contribution < -0.4 is 16.2 Å².